The molecule has 2 saturated heterocycles. The lowest BCUT2D eigenvalue weighted by atomic mass is 10.2. The Morgan fingerprint density at radius 3 is 2.70 bits per heavy atom. The zero-order valence-electron chi connectivity index (χ0n) is 15.6. The number of rotatable bonds is 4. The Hall–Kier alpha value is -1.67. The fourth-order valence-electron chi connectivity index (χ4n) is 3.34. The molecule has 3 rings (SSSR count). The molecule has 0 spiro atoms. The van der Waals surface area contributed by atoms with E-state index in [0.717, 1.165) is 44.0 Å². The molecule has 0 bridgehead atoms. The highest BCUT2D eigenvalue weighted by Gasteiger charge is 2.30. The normalized spacial score (nSPS) is 20.9. The molecule has 1 N–H and O–H groups in total. The molecule has 8 heteroatoms. The molecule has 2 aliphatic rings. The number of aliphatic imine (C=N–C) groups is 1. The first-order valence-corrected chi connectivity index (χ1v) is 10.3. The summed E-state index contributed by atoms with van der Waals surface area (Å²) >= 11 is 3.17. The van der Waals surface area contributed by atoms with Gasteiger partial charge in [0.25, 0.3) is 5.91 Å². The highest BCUT2D eigenvalue weighted by Crippen LogP contribution is 2.18. The van der Waals surface area contributed by atoms with Gasteiger partial charge in [-0.2, -0.15) is 0 Å². The first-order valence-electron chi connectivity index (χ1n) is 9.46. The maximum atomic E-state index is 13.7. The number of carbonyl (C=O) groups is 1. The summed E-state index contributed by atoms with van der Waals surface area (Å²) in [4.78, 5) is 21.2. The van der Waals surface area contributed by atoms with Crippen LogP contribution in [0.4, 0.5) is 4.39 Å². The van der Waals surface area contributed by atoms with Gasteiger partial charge in [0.05, 0.1) is 11.0 Å². The Balaban J connectivity index is 1.58. The minimum absolute atomic E-state index is 0.111. The molecule has 0 saturated carbocycles. The Labute approximate surface area is 167 Å². The molecule has 6 nitrogen and oxygen atoms in total. The lowest BCUT2D eigenvalue weighted by molar-refractivity contribution is -0.142. The predicted molar refractivity (Wildman–Crippen MR) is 106 cm³/mol. The van der Waals surface area contributed by atoms with Crippen molar-refractivity contribution in [3.8, 4) is 0 Å². The number of benzene rings is 1. The van der Waals surface area contributed by atoms with Crippen molar-refractivity contribution in [2.45, 2.75) is 32.4 Å². The van der Waals surface area contributed by atoms with E-state index in [1.807, 2.05) is 17.9 Å². The van der Waals surface area contributed by atoms with Crippen LogP contribution in [-0.4, -0.2) is 67.1 Å². The zero-order chi connectivity index (χ0) is 19.2. The summed E-state index contributed by atoms with van der Waals surface area (Å²) < 4.78 is 19.6. The minimum atomic E-state index is -0.283. The van der Waals surface area contributed by atoms with Crippen molar-refractivity contribution >= 4 is 27.8 Å². The first kappa shape index (κ1) is 20.1. The second-order valence-electron chi connectivity index (χ2n) is 6.73. The van der Waals surface area contributed by atoms with Crippen molar-refractivity contribution in [2.75, 3.05) is 39.3 Å². The van der Waals surface area contributed by atoms with Gasteiger partial charge in [-0.1, -0.05) is 6.07 Å². The molecule has 2 heterocycles. The highest BCUT2D eigenvalue weighted by molar-refractivity contribution is 9.10. The summed E-state index contributed by atoms with van der Waals surface area (Å²) in [6.07, 6.45) is 1.53. The van der Waals surface area contributed by atoms with Gasteiger partial charge in [0.2, 0.25) is 0 Å². The van der Waals surface area contributed by atoms with Crippen molar-refractivity contribution in [2.24, 2.45) is 4.99 Å². The van der Waals surface area contributed by atoms with Crippen molar-refractivity contribution < 1.29 is 13.9 Å². The topological polar surface area (TPSA) is 57.2 Å². The quantitative estimate of drug-likeness (QED) is 0.576. The van der Waals surface area contributed by atoms with Gasteiger partial charge in [0.1, 0.15) is 11.9 Å². The molecular weight excluding hydrogens is 415 g/mol. The SMILES string of the molecule is CCNC(=NCc1ccc(Br)c(F)c1)N1CCN(C(=O)C2CCCO2)CC1. The average Bonchev–Trinajstić information content (AvgIpc) is 3.22. The van der Waals surface area contributed by atoms with Gasteiger partial charge in [-0.05, 0) is 53.4 Å². The van der Waals surface area contributed by atoms with Gasteiger partial charge in [0, 0.05) is 39.3 Å². The van der Waals surface area contributed by atoms with Gasteiger partial charge >= 0.3 is 0 Å². The van der Waals surface area contributed by atoms with Crippen LogP contribution < -0.4 is 5.32 Å². The number of guanidine groups is 1. The van der Waals surface area contributed by atoms with Gasteiger partial charge in [-0.3, -0.25) is 4.79 Å². The number of hydrogen-bond donors (Lipinski definition) is 1. The summed E-state index contributed by atoms with van der Waals surface area (Å²) in [5, 5.41) is 3.29. The van der Waals surface area contributed by atoms with Crippen LogP contribution in [0, 0.1) is 5.82 Å². The van der Waals surface area contributed by atoms with Crippen LogP contribution >= 0.6 is 15.9 Å². The van der Waals surface area contributed by atoms with Crippen molar-refractivity contribution in [3.05, 3.63) is 34.1 Å². The van der Waals surface area contributed by atoms with E-state index in [0.29, 0.717) is 30.7 Å². The van der Waals surface area contributed by atoms with Crippen LogP contribution in [0.25, 0.3) is 0 Å². The number of carbonyl (C=O) groups excluding carboxylic acids is 1. The van der Waals surface area contributed by atoms with Crippen molar-refractivity contribution in [1.29, 1.82) is 0 Å². The van der Waals surface area contributed by atoms with E-state index in [-0.39, 0.29) is 17.8 Å². The average molecular weight is 441 g/mol. The maximum Gasteiger partial charge on any atom is 0.251 e. The number of amides is 1. The summed E-state index contributed by atoms with van der Waals surface area (Å²) in [6.45, 7) is 6.63. The number of ether oxygens (including phenoxy) is 1. The molecule has 2 fully saturated rings. The summed E-state index contributed by atoms with van der Waals surface area (Å²) in [6, 6.07) is 5.05. The molecule has 0 aliphatic carbocycles. The molecule has 148 valence electrons. The Bertz CT molecular complexity index is 686. The van der Waals surface area contributed by atoms with Crippen LogP contribution in [0.3, 0.4) is 0 Å². The predicted octanol–water partition coefficient (Wildman–Crippen LogP) is 2.38. The van der Waals surface area contributed by atoms with Gasteiger partial charge in [-0.15, -0.1) is 0 Å². The van der Waals surface area contributed by atoms with E-state index < -0.39 is 0 Å². The maximum absolute atomic E-state index is 13.7. The van der Waals surface area contributed by atoms with E-state index in [1.54, 1.807) is 6.07 Å². The molecule has 1 amide bonds. The lowest BCUT2D eigenvalue weighted by Crippen LogP contribution is -2.55. The van der Waals surface area contributed by atoms with E-state index in [1.165, 1.54) is 6.07 Å². The number of halogens is 2. The molecule has 1 atom stereocenters. The van der Waals surface area contributed by atoms with Gasteiger partial charge < -0.3 is 19.9 Å². The highest BCUT2D eigenvalue weighted by atomic mass is 79.9. The van der Waals surface area contributed by atoms with Crippen LogP contribution in [0.15, 0.2) is 27.7 Å². The zero-order valence-corrected chi connectivity index (χ0v) is 17.2. The number of piperazine rings is 1. The fourth-order valence-corrected chi connectivity index (χ4v) is 3.59. The Kier molecular flexibility index (Phi) is 7.07. The van der Waals surface area contributed by atoms with Crippen LogP contribution in [0.1, 0.15) is 25.3 Å². The third kappa shape index (κ3) is 5.19. The van der Waals surface area contributed by atoms with E-state index >= 15 is 0 Å². The summed E-state index contributed by atoms with van der Waals surface area (Å²) in [5.74, 6) is 0.624. The van der Waals surface area contributed by atoms with Crippen molar-refractivity contribution in [3.63, 3.8) is 0 Å². The molecule has 0 radical (unpaired) electrons. The molecule has 1 aromatic carbocycles. The van der Waals surface area contributed by atoms with Gasteiger partial charge in [0.15, 0.2) is 5.96 Å². The van der Waals surface area contributed by atoms with E-state index in [2.05, 4.69) is 31.1 Å². The first-order chi connectivity index (χ1) is 13.1. The summed E-state index contributed by atoms with van der Waals surface area (Å²) in [5.41, 5.74) is 0.818. The lowest BCUT2D eigenvalue weighted by Gasteiger charge is -2.37. The Morgan fingerprint density at radius 2 is 2.07 bits per heavy atom. The van der Waals surface area contributed by atoms with Crippen LogP contribution in [0.2, 0.25) is 0 Å². The van der Waals surface area contributed by atoms with Crippen LogP contribution in [0.5, 0.6) is 0 Å². The third-order valence-corrected chi connectivity index (χ3v) is 5.47. The molecular formula is C19H26BrFN4O2. The van der Waals surface area contributed by atoms with E-state index in [9.17, 15) is 9.18 Å². The second kappa shape index (κ2) is 9.50. The fraction of sp³-hybridized carbons (Fsp3) is 0.579. The summed E-state index contributed by atoms with van der Waals surface area (Å²) in [7, 11) is 0. The number of nitrogens with one attached hydrogen (secondary N) is 1. The molecule has 27 heavy (non-hydrogen) atoms. The third-order valence-electron chi connectivity index (χ3n) is 4.83. The van der Waals surface area contributed by atoms with Crippen molar-refractivity contribution in [1.82, 2.24) is 15.1 Å². The molecule has 2 aliphatic heterocycles. The van der Waals surface area contributed by atoms with E-state index in [4.69, 9.17) is 4.74 Å². The number of nitrogens with zero attached hydrogens (tertiary/aromatic N) is 3. The smallest absolute Gasteiger partial charge is 0.251 e. The molecule has 0 aromatic heterocycles. The standard InChI is InChI=1S/C19H26BrFN4O2/c1-2-22-19(23-13-14-5-6-15(20)16(21)12-14)25-9-7-24(8-10-25)18(26)17-4-3-11-27-17/h5-6,12,17H,2-4,7-11,13H2,1H3,(H,22,23). The minimum Gasteiger partial charge on any atom is -0.368 e. The second-order valence-corrected chi connectivity index (χ2v) is 7.59. The van der Waals surface area contributed by atoms with Crippen LogP contribution in [-0.2, 0) is 16.1 Å². The Morgan fingerprint density at radius 1 is 1.33 bits per heavy atom. The number of hydrogen-bond acceptors (Lipinski definition) is 3. The largest absolute Gasteiger partial charge is 0.368 e. The monoisotopic (exact) mass is 440 g/mol. The molecule has 1 unspecified atom stereocenters. The van der Waals surface area contributed by atoms with Gasteiger partial charge in [-0.25, -0.2) is 9.38 Å². The molecule has 1 aromatic rings.